The monoisotopic (exact) mass is 305 g/mol. The maximum Gasteiger partial charge on any atom is 0.289 e. The number of benzene rings is 1. The summed E-state index contributed by atoms with van der Waals surface area (Å²) in [6, 6.07) is 13.7. The van der Waals surface area contributed by atoms with E-state index in [1.165, 1.54) is 5.56 Å². The third-order valence-electron chi connectivity index (χ3n) is 3.38. The molecule has 0 spiro atoms. The van der Waals surface area contributed by atoms with Gasteiger partial charge >= 0.3 is 0 Å². The van der Waals surface area contributed by atoms with Crippen LogP contribution in [0.4, 0.5) is 0 Å². The number of furan rings is 1. The molecular formula is C17H20ClNO2. The van der Waals surface area contributed by atoms with Gasteiger partial charge < -0.3 is 9.32 Å². The average Bonchev–Trinajstić information content (AvgIpc) is 2.97. The van der Waals surface area contributed by atoms with Crippen LogP contribution in [-0.4, -0.2) is 24.4 Å². The second-order valence-corrected chi connectivity index (χ2v) is 5.79. The molecule has 1 aromatic carbocycles. The van der Waals surface area contributed by atoms with Crippen molar-refractivity contribution in [2.45, 2.75) is 25.1 Å². The van der Waals surface area contributed by atoms with Gasteiger partial charge in [0.1, 0.15) is 5.76 Å². The van der Waals surface area contributed by atoms with Crippen molar-refractivity contribution in [2.75, 3.05) is 13.6 Å². The maximum atomic E-state index is 12.2. The topological polar surface area (TPSA) is 33.5 Å². The first-order valence-corrected chi connectivity index (χ1v) is 7.55. The Morgan fingerprint density at radius 2 is 1.95 bits per heavy atom. The minimum Gasteiger partial charge on any atom is -0.454 e. The molecule has 0 aliphatic rings. The highest BCUT2D eigenvalue weighted by atomic mass is 35.5. The van der Waals surface area contributed by atoms with E-state index >= 15 is 0 Å². The summed E-state index contributed by atoms with van der Waals surface area (Å²) in [6.45, 7) is 2.51. The van der Waals surface area contributed by atoms with Gasteiger partial charge in [-0.25, -0.2) is 0 Å². The number of nitrogens with zero attached hydrogens (tertiary/aromatic N) is 1. The van der Waals surface area contributed by atoms with Crippen molar-refractivity contribution >= 4 is 17.5 Å². The zero-order valence-corrected chi connectivity index (χ0v) is 13.1. The number of halogens is 1. The minimum absolute atomic E-state index is 0.105. The van der Waals surface area contributed by atoms with E-state index < -0.39 is 0 Å². The quantitative estimate of drug-likeness (QED) is 0.746. The van der Waals surface area contributed by atoms with Crippen LogP contribution >= 0.6 is 11.6 Å². The Labute approximate surface area is 130 Å². The summed E-state index contributed by atoms with van der Waals surface area (Å²) in [6.07, 6.45) is 1.88. The van der Waals surface area contributed by atoms with Gasteiger partial charge in [0.2, 0.25) is 0 Å². The van der Waals surface area contributed by atoms with Gasteiger partial charge in [-0.05, 0) is 37.5 Å². The average molecular weight is 306 g/mol. The lowest BCUT2D eigenvalue weighted by atomic mass is 10.1. The summed E-state index contributed by atoms with van der Waals surface area (Å²) >= 11 is 5.93. The van der Waals surface area contributed by atoms with Crippen LogP contribution in [0.2, 0.25) is 0 Å². The van der Waals surface area contributed by atoms with Gasteiger partial charge in [-0.15, -0.1) is 11.6 Å². The van der Waals surface area contributed by atoms with Gasteiger partial charge in [0.15, 0.2) is 5.76 Å². The summed E-state index contributed by atoms with van der Waals surface area (Å²) in [5.74, 6) is 0.865. The van der Waals surface area contributed by atoms with Crippen molar-refractivity contribution in [3.63, 3.8) is 0 Å². The van der Waals surface area contributed by atoms with Crippen molar-refractivity contribution in [1.29, 1.82) is 0 Å². The number of rotatable bonds is 6. The molecule has 1 atom stereocenters. The number of hydrogen-bond acceptors (Lipinski definition) is 2. The van der Waals surface area contributed by atoms with Crippen molar-refractivity contribution < 1.29 is 9.21 Å². The molecule has 0 bridgehead atoms. The third kappa shape index (κ3) is 4.36. The van der Waals surface area contributed by atoms with Gasteiger partial charge in [-0.3, -0.25) is 4.79 Å². The number of aryl methyl sites for hydroxylation is 1. The lowest BCUT2D eigenvalue weighted by molar-refractivity contribution is 0.0760. The van der Waals surface area contributed by atoms with Crippen molar-refractivity contribution in [3.8, 4) is 0 Å². The predicted molar refractivity (Wildman–Crippen MR) is 84.7 cm³/mol. The van der Waals surface area contributed by atoms with Crippen LogP contribution in [0.25, 0.3) is 0 Å². The fourth-order valence-electron chi connectivity index (χ4n) is 2.14. The SMILES string of the molecule is CC(Cl)c1ccc(C(=O)N(C)CCCc2ccccc2)o1. The molecule has 0 fully saturated rings. The largest absolute Gasteiger partial charge is 0.454 e. The summed E-state index contributed by atoms with van der Waals surface area (Å²) in [7, 11) is 1.79. The van der Waals surface area contributed by atoms with Crippen LogP contribution in [0.1, 0.15) is 40.6 Å². The maximum absolute atomic E-state index is 12.2. The van der Waals surface area contributed by atoms with Crippen LogP contribution < -0.4 is 0 Å². The van der Waals surface area contributed by atoms with Crippen molar-refractivity contribution in [2.24, 2.45) is 0 Å². The summed E-state index contributed by atoms with van der Waals surface area (Å²) in [5, 5.41) is -0.227. The lowest BCUT2D eigenvalue weighted by Gasteiger charge is -2.15. The number of amides is 1. The molecule has 1 amide bonds. The highest BCUT2D eigenvalue weighted by Crippen LogP contribution is 2.22. The molecule has 2 rings (SSSR count). The third-order valence-corrected chi connectivity index (χ3v) is 3.59. The molecule has 1 heterocycles. The molecule has 3 nitrogen and oxygen atoms in total. The Bertz CT molecular complexity index is 577. The van der Waals surface area contributed by atoms with E-state index in [2.05, 4.69) is 12.1 Å². The zero-order chi connectivity index (χ0) is 15.2. The van der Waals surface area contributed by atoms with Crippen LogP contribution in [-0.2, 0) is 6.42 Å². The van der Waals surface area contributed by atoms with Gasteiger partial charge in [0.25, 0.3) is 5.91 Å². The molecule has 1 aromatic heterocycles. The van der Waals surface area contributed by atoms with E-state index in [1.54, 1.807) is 24.1 Å². The van der Waals surface area contributed by atoms with E-state index in [-0.39, 0.29) is 11.3 Å². The van der Waals surface area contributed by atoms with E-state index in [9.17, 15) is 4.79 Å². The molecule has 0 aliphatic heterocycles. The minimum atomic E-state index is -0.227. The Balaban J connectivity index is 1.84. The Morgan fingerprint density at radius 1 is 1.24 bits per heavy atom. The molecule has 21 heavy (non-hydrogen) atoms. The van der Waals surface area contributed by atoms with Gasteiger partial charge in [0.05, 0.1) is 5.38 Å². The fraction of sp³-hybridized carbons (Fsp3) is 0.353. The van der Waals surface area contributed by atoms with Crippen molar-refractivity contribution in [3.05, 3.63) is 59.5 Å². The molecule has 112 valence electrons. The normalized spacial score (nSPS) is 12.1. The highest BCUT2D eigenvalue weighted by Gasteiger charge is 2.17. The van der Waals surface area contributed by atoms with E-state index in [0.29, 0.717) is 18.1 Å². The van der Waals surface area contributed by atoms with E-state index in [1.807, 2.05) is 25.1 Å². The van der Waals surface area contributed by atoms with Gasteiger partial charge in [-0.2, -0.15) is 0 Å². The Hall–Kier alpha value is -1.74. The molecule has 0 saturated carbocycles. The standard InChI is InChI=1S/C17H20ClNO2/c1-13(18)15-10-11-16(21-15)17(20)19(2)12-6-9-14-7-4-3-5-8-14/h3-5,7-8,10-11,13H,6,9,12H2,1-2H3. The second-order valence-electron chi connectivity index (χ2n) is 5.13. The first kappa shape index (κ1) is 15.6. The predicted octanol–water partition coefficient (Wildman–Crippen LogP) is 4.28. The Kier molecular flexibility index (Phi) is 5.45. The smallest absolute Gasteiger partial charge is 0.289 e. The molecule has 1 unspecified atom stereocenters. The van der Waals surface area contributed by atoms with Crippen LogP contribution in [0.5, 0.6) is 0 Å². The second kappa shape index (κ2) is 7.32. The molecule has 0 saturated heterocycles. The summed E-state index contributed by atoms with van der Waals surface area (Å²) in [4.78, 5) is 13.9. The first-order chi connectivity index (χ1) is 10.1. The van der Waals surface area contributed by atoms with Gasteiger partial charge in [-0.1, -0.05) is 30.3 Å². The number of alkyl halides is 1. The van der Waals surface area contributed by atoms with E-state index in [0.717, 1.165) is 12.8 Å². The first-order valence-electron chi connectivity index (χ1n) is 7.11. The highest BCUT2D eigenvalue weighted by molar-refractivity contribution is 6.20. The number of carbonyl (C=O) groups excluding carboxylic acids is 1. The van der Waals surface area contributed by atoms with Gasteiger partial charge in [0, 0.05) is 13.6 Å². The zero-order valence-electron chi connectivity index (χ0n) is 12.4. The fourth-order valence-corrected chi connectivity index (χ4v) is 2.25. The number of carbonyl (C=O) groups is 1. The van der Waals surface area contributed by atoms with Crippen LogP contribution in [0.15, 0.2) is 46.9 Å². The molecule has 4 heteroatoms. The summed E-state index contributed by atoms with van der Waals surface area (Å²) in [5.41, 5.74) is 1.29. The molecular weight excluding hydrogens is 286 g/mol. The number of hydrogen-bond donors (Lipinski definition) is 0. The molecule has 0 aliphatic carbocycles. The summed E-state index contributed by atoms with van der Waals surface area (Å²) < 4.78 is 5.47. The van der Waals surface area contributed by atoms with Crippen LogP contribution in [0, 0.1) is 0 Å². The van der Waals surface area contributed by atoms with Crippen LogP contribution in [0.3, 0.4) is 0 Å². The van der Waals surface area contributed by atoms with E-state index in [4.69, 9.17) is 16.0 Å². The molecule has 0 N–H and O–H groups in total. The lowest BCUT2D eigenvalue weighted by Crippen LogP contribution is -2.27. The van der Waals surface area contributed by atoms with Crippen molar-refractivity contribution in [1.82, 2.24) is 4.90 Å². The molecule has 0 radical (unpaired) electrons. The Morgan fingerprint density at radius 3 is 2.57 bits per heavy atom. The molecule has 2 aromatic rings.